The number of nitrogens with zero attached hydrogens (tertiary/aromatic N) is 1. The number of hydrogen-bond acceptors (Lipinski definition) is 4. The second kappa shape index (κ2) is 6.64. The van der Waals surface area contributed by atoms with Gasteiger partial charge < -0.3 is 10.1 Å². The largest absolute Gasteiger partial charge is 0.490 e. The van der Waals surface area contributed by atoms with Crippen molar-refractivity contribution >= 4 is 40.5 Å². The third kappa shape index (κ3) is 3.47. The highest BCUT2D eigenvalue weighted by Gasteiger charge is 2.17. The lowest BCUT2D eigenvalue weighted by molar-refractivity contribution is -0.385. The first-order valence-corrected chi connectivity index (χ1v) is 6.77. The molecule has 0 radical (unpaired) electrons. The summed E-state index contributed by atoms with van der Waals surface area (Å²) < 4.78 is 4.89. The topological polar surface area (TPSA) is 81.5 Å². The summed E-state index contributed by atoms with van der Waals surface area (Å²) in [5.41, 5.74) is 0.165. The lowest BCUT2D eigenvalue weighted by Gasteiger charge is -2.08. The average Bonchev–Trinajstić information content (AvgIpc) is 2.49. The van der Waals surface area contributed by atoms with E-state index in [4.69, 9.17) is 27.9 Å². The van der Waals surface area contributed by atoms with Crippen molar-refractivity contribution in [3.8, 4) is 5.75 Å². The number of nitro groups is 1. The predicted molar refractivity (Wildman–Crippen MR) is 84.1 cm³/mol. The van der Waals surface area contributed by atoms with Crippen molar-refractivity contribution in [2.45, 2.75) is 0 Å². The molecule has 2 rings (SSSR count). The maximum atomic E-state index is 12.2. The van der Waals surface area contributed by atoms with Crippen LogP contribution in [0.1, 0.15) is 10.4 Å². The highest BCUT2D eigenvalue weighted by molar-refractivity contribution is 6.36. The van der Waals surface area contributed by atoms with Crippen LogP contribution in [0, 0.1) is 10.1 Å². The van der Waals surface area contributed by atoms with Crippen LogP contribution >= 0.6 is 23.2 Å². The summed E-state index contributed by atoms with van der Waals surface area (Å²) in [6.45, 7) is 0. The molecule has 22 heavy (non-hydrogen) atoms. The maximum absolute atomic E-state index is 12.2. The number of ether oxygens (including phenoxy) is 1. The number of amides is 1. The average molecular weight is 341 g/mol. The molecule has 1 N–H and O–H groups in total. The van der Waals surface area contributed by atoms with Gasteiger partial charge in [0.25, 0.3) is 5.91 Å². The third-order valence-corrected chi connectivity index (χ3v) is 3.37. The van der Waals surface area contributed by atoms with E-state index in [0.717, 1.165) is 0 Å². The first-order chi connectivity index (χ1) is 10.4. The van der Waals surface area contributed by atoms with E-state index in [0.29, 0.717) is 5.02 Å². The molecule has 0 aliphatic heterocycles. The Morgan fingerprint density at radius 1 is 1.23 bits per heavy atom. The number of rotatable bonds is 4. The van der Waals surface area contributed by atoms with Gasteiger partial charge in [-0.2, -0.15) is 0 Å². The van der Waals surface area contributed by atoms with E-state index in [1.165, 1.54) is 37.4 Å². The number of carbonyl (C=O) groups is 1. The molecule has 0 unspecified atom stereocenters. The number of carbonyl (C=O) groups excluding carboxylic acids is 1. The van der Waals surface area contributed by atoms with Gasteiger partial charge in [0.15, 0.2) is 5.75 Å². The minimum absolute atomic E-state index is 0.101. The van der Waals surface area contributed by atoms with Gasteiger partial charge in [-0.15, -0.1) is 0 Å². The van der Waals surface area contributed by atoms with E-state index in [2.05, 4.69) is 5.32 Å². The molecular formula is C14H10Cl2N2O4. The van der Waals surface area contributed by atoms with Crippen LogP contribution in [-0.2, 0) is 0 Å². The van der Waals surface area contributed by atoms with Crippen LogP contribution in [-0.4, -0.2) is 17.9 Å². The number of anilines is 1. The molecule has 0 fully saturated rings. The molecule has 2 aromatic rings. The van der Waals surface area contributed by atoms with E-state index in [1.54, 1.807) is 6.07 Å². The Morgan fingerprint density at radius 2 is 1.95 bits per heavy atom. The van der Waals surface area contributed by atoms with Gasteiger partial charge in [0, 0.05) is 16.8 Å². The van der Waals surface area contributed by atoms with Gasteiger partial charge in [-0.1, -0.05) is 23.2 Å². The second-order valence-electron chi connectivity index (χ2n) is 4.22. The highest BCUT2D eigenvalue weighted by atomic mass is 35.5. The van der Waals surface area contributed by atoms with Gasteiger partial charge in [0.2, 0.25) is 0 Å². The summed E-state index contributed by atoms with van der Waals surface area (Å²) in [5.74, 6) is -0.421. The number of benzene rings is 2. The van der Waals surface area contributed by atoms with Crippen molar-refractivity contribution < 1.29 is 14.5 Å². The van der Waals surface area contributed by atoms with Crippen LogP contribution in [0.25, 0.3) is 0 Å². The lowest BCUT2D eigenvalue weighted by Crippen LogP contribution is -2.12. The number of hydrogen-bond donors (Lipinski definition) is 1. The Kier molecular flexibility index (Phi) is 4.85. The summed E-state index contributed by atoms with van der Waals surface area (Å²) in [6.07, 6.45) is 0. The van der Waals surface area contributed by atoms with Crippen LogP contribution in [0.3, 0.4) is 0 Å². The van der Waals surface area contributed by atoms with Crippen molar-refractivity contribution in [3.05, 3.63) is 62.1 Å². The maximum Gasteiger partial charge on any atom is 0.312 e. The van der Waals surface area contributed by atoms with Crippen molar-refractivity contribution in [1.29, 1.82) is 0 Å². The Hall–Kier alpha value is -2.31. The van der Waals surface area contributed by atoms with Gasteiger partial charge in [0.1, 0.15) is 0 Å². The summed E-state index contributed by atoms with van der Waals surface area (Å²) in [7, 11) is 1.33. The Labute approximate surface area is 135 Å². The smallest absolute Gasteiger partial charge is 0.312 e. The Balaban J connectivity index is 2.30. The summed E-state index contributed by atoms with van der Waals surface area (Å²) >= 11 is 11.8. The SMILES string of the molecule is COc1ccc(NC(=O)c2cc(Cl)ccc2Cl)cc1[N+](=O)[O-]. The molecule has 0 bridgehead atoms. The standard InChI is InChI=1S/C14H10Cl2N2O4/c1-22-13-5-3-9(7-12(13)18(20)21)17-14(19)10-6-8(15)2-4-11(10)16/h2-7H,1H3,(H,17,19). The van der Waals surface area contributed by atoms with Crippen molar-refractivity contribution in [2.75, 3.05) is 12.4 Å². The van der Waals surface area contributed by atoms with Crippen LogP contribution in [0.15, 0.2) is 36.4 Å². The summed E-state index contributed by atoms with van der Waals surface area (Å²) in [6, 6.07) is 8.55. The molecule has 6 nitrogen and oxygen atoms in total. The predicted octanol–water partition coefficient (Wildman–Crippen LogP) is 4.16. The van der Waals surface area contributed by atoms with Gasteiger partial charge in [-0.05, 0) is 30.3 Å². The highest BCUT2D eigenvalue weighted by Crippen LogP contribution is 2.30. The molecule has 0 saturated heterocycles. The number of nitrogens with one attached hydrogen (secondary N) is 1. The van der Waals surface area contributed by atoms with E-state index >= 15 is 0 Å². The fraction of sp³-hybridized carbons (Fsp3) is 0.0714. The molecule has 8 heteroatoms. The zero-order valence-electron chi connectivity index (χ0n) is 11.3. The Morgan fingerprint density at radius 3 is 2.59 bits per heavy atom. The van der Waals surface area contributed by atoms with Crippen molar-refractivity contribution in [1.82, 2.24) is 0 Å². The quantitative estimate of drug-likeness (QED) is 0.669. The number of methoxy groups -OCH3 is 1. The molecular weight excluding hydrogens is 331 g/mol. The molecule has 0 spiro atoms. The Bertz CT molecular complexity index is 750. The molecule has 0 atom stereocenters. The molecule has 114 valence electrons. The number of nitro benzene ring substituents is 1. The number of halogens is 2. The van der Waals surface area contributed by atoms with Crippen LogP contribution < -0.4 is 10.1 Å². The van der Waals surface area contributed by atoms with E-state index < -0.39 is 10.8 Å². The van der Waals surface area contributed by atoms with Crippen LogP contribution in [0.2, 0.25) is 10.0 Å². The summed E-state index contributed by atoms with van der Waals surface area (Å²) in [5, 5.41) is 14.1. The fourth-order valence-corrected chi connectivity index (χ4v) is 2.16. The first-order valence-electron chi connectivity index (χ1n) is 6.01. The molecule has 0 aliphatic carbocycles. The van der Waals surface area contributed by atoms with Crippen LogP contribution in [0.5, 0.6) is 5.75 Å². The minimum atomic E-state index is -0.596. The zero-order valence-corrected chi connectivity index (χ0v) is 12.8. The van der Waals surface area contributed by atoms with E-state index in [-0.39, 0.29) is 27.7 Å². The molecule has 0 saturated carbocycles. The van der Waals surface area contributed by atoms with Crippen molar-refractivity contribution in [2.24, 2.45) is 0 Å². The third-order valence-electron chi connectivity index (χ3n) is 2.81. The molecule has 0 heterocycles. The van der Waals surface area contributed by atoms with E-state index in [9.17, 15) is 14.9 Å². The van der Waals surface area contributed by atoms with Gasteiger partial charge in [-0.25, -0.2) is 0 Å². The van der Waals surface area contributed by atoms with Gasteiger partial charge >= 0.3 is 5.69 Å². The molecule has 2 aromatic carbocycles. The molecule has 1 amide bonds. The monoisotopic (exact) mass is 340 g/mol. The van der Waals surface area contributed by atoms with Crippen LogP contribution in [0.4, 0.5) is 11.4 Å². The molecule has 0 aromatic heterocycles. The lowest BCUT2D eigenvalue weighted by atomic mass is 10.2. The zero-order chi connectivity index (χ0) is 16.3. The fourth-order valence-electron chi connectivity index (χ4n) is 1.78. The second-order valence-corrected chi connectivity index (χ2v) is 5.07. The normalized spacial score (nSPS) is 10.1. The molecule has 0 aliphatic rings. The van der Waals surface area contributed by atoms with Gasteiger partial charge in [-0.3, -0.25) is 14.9 Å². The first kappa shape index (κ1) is 16.1. The minimum Gasteiger partial charge on any atom is -0.490 e. The van der Waals surface area contributed by atoms with Crippen molar-refractivity contribution in [3.63, 3.8) is 0 Å². The van der Waals surface area contributed by atoms with Gasteiger partial charge in [0.05, 0.1) is 22.6 Å². The summed E-state index contributed by atoms with van der Waals surface area (Å²) in [4.78, 5) is 22.5. The van der Waals surface area contributed by atoms with E-state index in [1.807, 2.05) is 0 Å².